The number of rotatable bonds is 24. The molecule has 31 heteroatoms. The number of aliphatic carboxylic acids is 2. The highest BCUT2D eigenvalue weighted by Gasteiger charge is 2.62. The Morgan fingerprint density at radius 2 is 1.01 bits per heavy atom. The molecule has 0 spiro atoms. The molecule has 10 atom stereocenters. The number of nitrogens with zero attached hydrogens (tertiary/aromatic N) is 6. The van der Waals surface area contributed by atoms with Gasteiger partial charge in [0.25, 0.3) is 0 Å². The molecule has 2 aliphatic heterocycles. The summed E-state index contributed by atoms with van der Waals surface area (Å²) in [6.45, 7) is 29.5. The first-order valence-electron chi connectivity index (χ1n) is 38.2. The molecule has 6 heterocycles. The Bertz CT molecular complexity index is 4680. The number of allylic oxidation sites excluding steroid dienone is 2. The fourth-order valence-corrected chi connectivity index (χ4v) is 17.4. The average Bonchev–Trinajstić information content (AvgIpc) is 1.60. The number of hydrogen-bond acceptors (Lipinski definition) is 20. The Morgan fingerprint density at radius 3 is 1.42 bits per heavy atom. The number of benzene rings is 2. The Labute approximate surface area is 687 Å². The van der Waals surface area contributed by atoms with Crippen molar-refractivity contribution in [3.63, 3.8) is 0 Å². The van der Waals surface area contributed by atoms with Gasteiger partial charge in [0.05, 0.1) is 63.0 Å². The quantitative estimate of drug-likeness (QED) is 0.0277. The van der Waals surface area contributed by atoms with Crippen LogP contribution in [0.1, 0.15) is 170 Å². The van der Waals surface area contributed by atoms with Crippen LogP contribution >= 0.6 is 66.1 Å². The predicted octanol–water partition coefficient (Wildman–Crippen LogP) is 15.6. The molecule has 0 unspecified atom stereocenters. The van der Waals surface area contributed by atoms with Crippen molar-refractivity contribution in [3.8, 4) is 28.5 Å². The van der Waals surface area contributed by atoms with Crippen LogP contribution in [-0.4, -0.2) is 166 Å². The molecule has 6 aliphatic rings. The Balaban J connectivity index is 0.000000200. The van der Waals surface area contributed by atoms with Crippen LogP contribution < -0.4 is 26.0 Å². The van der Waals surface area contributed by atoms with Crippen LogP contribution in [0.5, 0.6) is 5.75 Å². The van der Waals surface area contributed by atoms with E-state index in [1.165, 1.54) is 32.5 Å². The van der Waals surface area contributed by atoms with Crippen LogP contribution in [-0.2, 0) is 47.8 Å². The lowest BCUT2D eigenvalue weighted by Crippen LogP contribution is -2.57. The fraction of sp³-hybridized carbons (Fsp3) is 0.537. The smallest absolute Gasteiger partial charge is 0.408 e. The number of carbonyl (C=O) groups excluding carboxylic acids is 8. The number of carboxylic acid groups (broad SMARTS) is 2. The van der Waals surface area contributed by atoms with E-state index in [0.29, 0.717) is 61.1 Å². The fourth-order valence-electron chi connectivity index (χ4n) is 14.8. The van der Waals surface area contributed by atoms with Crippen LogP contribution in [0.4, 0.5) is 19.9 Å². The maximum Gasteiger partial charge on any atom is 0.408 e. The van der Waals surface area contributed by atoms with E-state index in [9.17, 15) is 63.3 Å². The first-order valence-corrected chi connectivity index (χ1v) is 42.0. The van der Waals surface area contributed by atoms with Gasteiger partial charge >= 0.3 is 24.1 Å². The summed E-state index contributed by atoms with van der Waals surface area (Å²) in [5.74, 6) is -4.62. The zero-order valence-corrected chi connectivity index (χ0v) is 71.3. The van der Waals surface area contributed by atoms with Gasteiger partial charge in [-0.05, 0) is 156 Å². The molecule has 4 aromatic heterocycles. The highest BCUT2D eigenvalue weighted by molar-refractivity contribution is 9.11. The third-order valence-corrected chi connectivity index (χ3v) is 25.7. The normalized spacial score (nSPS) is 22.6. The number of β-amino-alcohol motifs (C(OH)–C–C–N with tert-alkyl or cyclic N) is 1. The van der Waals surface area contributed by atoms with Gasteiger partial charge in [-0.1, -0.05) is 111 Å². The molecule has 2 aromatic carbocycles. The molecule has 4 saturated carbocycles. The predicted molar refractivity (Wildman–Crippen MR) is 439 cm³/mol. The number of thiazole rings is 2. The molecular formula is C82H101Br2ClN10O16S2. The number of carbonyl (C=O) groups is 10. The van der Waals surface area contributed by atoms with E-state index in [1.54, 1.807) is 64.3 Å². The summed E-state index contributed by atoms with van der Waals surface area (Å²) in [5.41, 5.74) is 1.92. The Hall–Kier alpha value is -8.29. The maximum atomic E-state index is 14.6. The Morgan fingerprint density at radius 1 is 0.602 bits per heavy atom. The van der Waals surface area contributed by atoms with Crippen molar-refractivity contribution >= 4 is 158 Å². The minimum absolute atomic E-state index is 0.000391. The van der Waals surface area contributed by atoms with Gasteiger partial charge in [0.2, 0.25) is 23.6 Å². The number of anilines is 2. The molecular weight excluding hydrogens is 1640 g/mol. The topological polar surface area (TPSA) is 365 Å². The van der Waals surface area contributed by atoms with Gasteiger partial charge in [0.15, 0.2) is 21.8 Å². The van der Waals surface area contributed by atoms with E-state index in [4.69, 9.17) is 35.8 Å². The number of fused-ring (bicyclic) bond motifs is 2. The van der Waals surface area contributed by atoms with Crippen molar-refractivity contribution in [2.24, 2.45) is 45.3 Å². The summed E-state index contributed by atoms with van der Waals surface area (Å²) < 4.78 is 19.5. The third kappa shape index (κ3) is 20.3. The van der Waals surface area contributed by atoms with Gasteiger partial charge in [0, 0.05) is 80.6 Å². The second-order valence-corrected chi connectivity index (χ2v) is 36.9. The number of Topliss-reactive ketones (excluding diaryl/α,β-unsaturated/α-hetero) is 2. The van der Waals surface area contributed by atoms with E-state index in [-0.39, 0.29) is 92.9 Å². The number of aliphatic hydroxyl groups is 1. The molecule has 0 radical (unpaired) electrons. The standard InChI is InChI=1S/C41H50BrN5O8S.C24H36N2O7.C17H15BrClN3OS/c1-8-23-17-41(23,37(51)52)18-30(48)29-15-25(19-47(29)36(50)34(40(5,6)7)45-39(53)55-24-11-9-10-12-24)54-31-16-27(43-33-26(31)14-13-22(4)32(33)42)28-20-56-38(44-28)46-35(49)21(2)3;1-5-14-11-24(14,21(30)31)12-18(28)17-10-15(27)13-26(17)20(29)19(23(2,3)4)25-22(32)33-16-8-6-7-9-16;1-8(2)16(23)22-17-21-13(7-24-17)12-6-11(19)10-5-4-9(3)14(18)15(10)20-12/h8,13-14,16,20-21,23-25,29,34H,1,9-12,15,17-19H2,2-7H3,(H,45,53)(H,51,52)(H,44,46,49);5,14-17,19,27H,1,6-13H2,2-4H3,(H,25,32)(H,30,31);4-8H,1-3H3,(H,21,22,23)/t23-,25+,29+,34-,41-;14-,15+,17+,19-,24-;/m11./s1. The number of nitrogens with one attached hydrogen (secondary N) is 4. The molecule has 6 amide bonds. The number of hydrogen-bond donors (Lipinski definition) is 7. The van der Waals surface area contributed by atoms with E-state index in [0.717, 1.165) is 82.3 Å². The van der Waals surface area contributed by atoms with Crippen LogP contribution in [0.25, 0.3) is 44.6 Å². The minimum Gasteiger partial charge on any atom is -0.488 e. The zero-order valence-electron chi connectivity index (χ0n) is 65.7. The highest BCUT2D eigenvalue weighted by Crippen LogP contribution is 2.58. The molecule has 12 rings (SSSR count). The van der Waals surface area contributed by atoms with E-state index in [2.05, 4.69) is 76.3 Å². The molecule has 26 nitrogen and oxygen atoms in total. The number of alkyl carbamates (subject to hydrolysis) is 2. The lowest BCUT2D eigenvalue weighted by atomic mass is 9.85. The zero-order chi connectivity index (χ0) is 82.7. The van der Waals surface area contributed by atoms with Crippen LogP contribution in [0, 0.1) is 59.2 Å². The van der Waals surface area contributed by atoms with Crippen molar-refractivity contribution in [3.05, 3.63) is 97.6 Å². The molecule has 608 valence electrons. The monoisotopic (exact) mass is 1740 g/mol. The summed E-state index contributed by atoms with van der Waals surface area (Å²) in [5, 5.41) is 48.0. The number of ketones is 2. The highest BCUT2D eigenvalue weighted by atomic mass is 79.9. The SMILES string of the molecule is C=C[C@@H]1C[C@]1(CC(=O)[C@@H]1C[C@H](O)CN1C(=O)[C@@H](NC(=O)OC1CCCC1)C(C)(C)C)C(=O)O.C=C[C@@H]1C[C@]1(CC(=O)[C@@H]1C[C@H](Oc2cc(-c3csc(NC(=O)C(C)C)n3)nc3c(Br)c(C)ccc23)CN1C(=O)[C@@H](NC(=O)OC1CCCC1)C(C)(C)C)C(=O)O.Cc1ccc2c(Cl)cc(-c3csc(NC(=O)C(C)C)n3)nc2c1Br. The van der Waals surface area contributed by atoms with Gasteiger partial charge in [-0.2, -0.15) is 0 Å². The third-order valence-electron chi connectivity index (χ3n) is 21.9. The van der Waals surface area contributed by atoms with E-state index in [1.807, 2.05) is 78.1 Å². The number of pyridine rings is 2. The summed E-state index contributed by atoms with van der Waals surface area (Å²) >= 11 is 16.3. The van der Waals surface area contributed by atoms with Gasteiger partial charge in [0.1, 0.15) is 47.5 Å². The van der Waals surface area contributed by atoms with Crippen LogP contribution in [0.3, 0.4) is 0 Å². The van der Waals surface area contributed by atoms with Gasteiger partial charge in [-0.15, -0.1) is 35.8 Å². The van der Waals surface area contributed by atoms with Gasteiger partial charge < -0.3 is 60.6 Å². The van der Waals surface area contributed by atoms with Gasteiger partial charge in [-0.3, -0.25) is 38.4 Å². The molecule has 0 bridgehead atoms. The number of likely N-dealkylation sites (tertiary alicyclic amines) is 2. The largest absolute Gasteiger partial charge is 0.488 e. The Kier molecular flexibility index (Phi) is 27.6. The number of ether oxygens (including phenoxy) is 3. The molecule has 7 N–H and O–H groups in total. The van der Waals surface area contributed by atoms with E-state index < -0.39 is 106 Å². The van der Waals surface area contributed by atoms with Gasteiger partial charge in [-0.25, -0.2) is 29.5 Å². The van der Waals surface area contributed by atoms with Crippen LogP contribution in [0.2, 0.25) is 5.02 Å². The van der Waals surface area contributed by atoms with Crippen molar-refractivity contribution < 1.29 is 77.5 Å². The minimum atomic E-state index is -1.28. The first kappa shape index (κ1) is 87.1. The average molecular weight is 1740 g/mol. The lowest BCUT2D eigenvalue weighted by molar-refractivity contribution is -0.148. The number of carboxylic acids is 2. The van der Waals surface area contributed by atoms with Crippen molar-refractivity contribution in [2.45, 2.75) is 222 Å². The molecule has 4 aliphatic carbocycles. The number of aromatic nitrogens is 4. The summed E-state index contributed by atoms with van der Waals surface area (Å²) in [4.78, 5) is 151. The lowest BCUT2D eigenvalue weighted by Gasteiger charge is -2.35. The van der Waals surface area contributed by atoms with Crippen molar-refractivity contribution in [1.82, 2.24) is 40.4 Å². The summed E-state index contributed by atoms with van der Waals surface area (Å²) in [6.07, 6.45) is 7.10. The molecule has 2 saturated heterocycles. The molecule has 113 heavy (non-hydrogen) atoms. The number of amides is 6. The molecule has 6 aromatic rings. The number of halogens is 3. The van der Waals surface area contributed by atoms with Crippen molar-refractivity contribution in [1.29, 1.82) is 0 Å². The maximum absolute atomic E-state index is 14.6. The first-order chi connectivity index (χ1) is 53.2. The summed E-state index contributed by atoms with van der Waals surface area (Å²) in [6, 6.07) is 7.37. The van der Waals surface area contributed by atoms with Crippen LogP contribution in [0.15, 0.2) is 81.4 Å². The summed E-state index contributed by atoms with van der Waals surface area (Å²) in [7, 11) is 0. The van der Waals surface area contributed by atoms with Crippen molar-refractivity contribution in [2.75, 3.05) is 23.7 Å². The second kappa shape index (κ2) is 35.8. The number of aryl methyl sites for hydroxylation is 2. The second-order valence-electron chi connectivity index (χ2n) is 33.2. The van der Waals surface area contributed by atoms with E-state index >= 15 is 0 Å². The number of aliphatic hydroxyl groups excluding tert-OH is 1. The molecule has 6 fully saturated rings.